The van der Waals surface area contributed by atoms with Gasteiger partial charge in [0.1, 0.15) is 13.2 Å². The summed E-state index contributed by atoms with van der Waals surface area (Å²) < 4.78 is 10.9. The van der Waals surface area contributed by atoms with Crippen molar-refractivity contribution >= 4 is 23.4 Å². The summed E-state index contributed by atoms with van der Waals surface area (Å²) in [6, 6.07) is 13.3. The molecular weight excluding hydrogens is 396 g/mol. The molecule has 164 valence electrons. The zero-order valence-corrected chi connectivity index (χ0v) is 17.6. The monoisotopic (exact) mass is 424 g/mol. The van der Waals surface area contributed by atoms with E-state index in [2.05, 4.69) is 16.4 Å². The molecule has 1 atom stereocenters. The van der Waals surface area contributed by atoms with Gasteiger partial charge in [0.2, 0.25) is 5.91 Å². The molecule has 2 aromatic carbocycles. The van der Waals surface area contributed by atoms with E-state index in [4.69, 9.17) is 19.7 Å². The number of benzene rings is 2. The Kier molecular flexibility index (Phi) is 8.20. The molecule has 3 rings (SSSR count). The Hall–Kier alpha value is -3.16. The highest BCUT2D eigenvalue weighted by Crippen LogP contribution is 2.36. The molecule has 0 saturated heterocycles. The maximum atomic E-state index is 12.2. The van der Waals surface area contributed by atoms with Crippen molar-refractivity contribution in [3.05, 3.63) is 59.7 Å². The first kappa shape index (κ1) is 22.5. The predicted molar refractivity (Wildman–Crippen MR) is 120 cm³/mol. The lowest BCUT2D eigenvalue weighted by molar-refractivity contribution is -0.116. The number of ether oxygens (including phenoxy) is 2. The Bertz CT molecular complexity index is 955. The second kappa shape index (κ2) is 11.3. The summed E-state index contributed by atoms with van der Waals surface area (Å²) in [5.41, 5.74) is 4.06. The quantitative estimate of drug-likeness (QED) is 0.482. The molecule has 7 heteroatoms. The van der Waals surface area contributed by atoms with Crippen molar-refractivity contribution in [1.29, 1.82) is 0 Å². The summed E-state index contributed by atoms with van der Waals surface area (Å²) in [5, 5.41) is 20.8. The van der Waals surface area contributed by atoms with Gasteiger partial charge in [-0.25, -0.2) is 0 Å². The molecule has 1 unspecified atom stereocenters. The van der Waals surface area contributed by atoms with Gasteiger partial charge in [-0.2, -0.15) is 0 Å². The molecule has 1 aliphatic heterocycles. The van der Waals surface area contributed by atoms with Gasteiger partial charge in [-0.3, -0.25) is 9.79 Å². The molecule has 1 heterocycles. The molecule has 0 fully saturated rings. The minimum absolute atomic E-state index is 0.112. The molecule has 2 aromatic rings. The SMILES string of the molecule is CC1=Nc2ccccc2C1CCNC(=O)/C=C/c1ccc(OCCO)c(OCCO)c1. The zero-order valence-electron chi connectivity index (χ0n) is 17.6. The predicted octanol–water partition coefficient (Wildman–Crippen LogP) is 2.84. The average molecular weight is 424 g/mol. The van der Waals surface area contributed by atoms with E-state index in [-0.39, 0.29) is 38.3 Å². The van der Waals surface area contributed by atoms with Crippen LogP contribution in [0.1, 0.15) is 30.4 Å². The van der Waals surface area contributed by atoms with Crippen molar-refractivity contribution in [2.75, 3.05) is 33.0 Å². The largest absolute Gasteiger partial charge is 0.487 e. The highest BCUT2D eigenvalue weighted by molar-refractivity contribution is 5.96. The topological polar surface area (TPSA) is 100 Å². The van der Waals surface area contributed by atoms with Crippen LogP contribution in [0.4, 0.5) is 5.69 Å². The number of para-hydroxylation sites is 1. The Morgan fingerprint density at radius 3 is 2.61 bits per heavy atom. The van der Waals surface area contributed by atoms with Crippen LogP contribution in [0, 0.1) is 0 Å². The summed E-state index contributed by atoms with van der Waals surface area (Å²) in [6.45, 7) is 2.60. The summed E-state index contributed by atoms with van der Waals surface area (Å²) >= 11 is 0. The molecule has 0 bridgehead atoms. The van der Waals surface area contributed by atoms with E-state index in [1.54, 1.807) is 24.3 Å². The third-order valence-electron chi connectivity index (χ3n) is 4.94. The normalized spacial score (nSPS) is 14.9. The van der Waals surface area contributed by atoms with Gasteiger partial charge in [0.15, 0.2) is 11.5 Å². The molecule has 0 spiro atoms. The molecule has 0 aromatic heterocycles. The van der Waals surface area contributed by atoms with Gasteiger partial charge in [0.05, 0.1) is 18.9 Å². The number of hydrogen-bond acceptors (Lipinski definition) is 6. The number of aliphatic imine (C=N–C) groups is 1. The number of nitrogens with one attached hydrogen (secondary N) is 1. The van der Waals surface area contributed by atoms with E-state index in [0.29, 0.717) is 18.0 Å². The highest BCUT2D eigenvalue weighted by Gasteiger charge is 2.23. The number of aliphatic hydroxyl groups excluding tert-OH is 2. The number of carbonyl (C=O) groups excluding carboxylic acids is 1. The number of fused-ring (bicyclic) bond motifs is 1. The molecule has 1 aliphatic rings. The van der Waals surface area contributed by atoms with Crippen molar-refractivity contribution < 1.29 is 24.5 Å². The van der Waals surface area contributed by atoms with E-state index in [1.807, 2.05) is 25.1 Å². The fourth-order valence-electron chi connectivity index (χ4n) is 3.48. The van der Waals surface area contributed by atoms with Crippen molar-refractivity contribution in [2.24, 2.45) is 4.99 Å². The summed E-state index contributed by atoms with van der Waals surface area (Å²) in [4.78, 5) is 16.8. The molecule has 0 saturated carbocycles. The van der Waals surface area contributed by atoms with Crippen LogP contribution in [0.2, 0.25) is 0 Å². The lowest BCUT2D eigenvalue weighted by atomic mass is 9.93. The number of hydrogen-bond donors (Lipinski definition) is 3. The number of amides is 1. The van der Waals surface area contributed by atoms with Crippen LogP contribution in [-0.4, -0.2) is 54.8 Å². The Labute approximate surface area is 182 Å². The van der Waals surface area contributed by atoms with E-state index in [0.717, 1.165) is 23.4 Å². The second-order valence-corrected chi connectivity index (χ2v) is 7.13. The lowest BCUT2D eigenvalue weighted by Crippen LogP contribution is -2.24. The zero-order chi connectivity index (χ0) is 22.1. The first-order valence-electron chi connectivity index (χ1n) is 10.3. The lowest BCUT2D eigenvalue weighted by Gasteiger charge is -2.13. The van der Waals surface area contributed by atoms with E-state index < -0.39 is 0 Å². The minimum Gasteiger partial charge on any atom is -0.487 e. The highest BCUT2D eigenvalue weighted by atomic mass is 16.5. The molecule has 0 radical (unpaired) electrons. The van der Waals surface area contributed by atoms with Crippen LogP contribution in [0.3, 0.4) is 0 Å². The first-order chi connectivity index (χ1) is 15.1. The van der Waals surface area contributed by atoms with Crippen LogP contribution in [-0.2, 0) is 4.79 Å². The van der Waals surface area contributed by atoms with Gasteiger partial charge in [-0.1, -0.05) is 24.3 Å². The summed E-state index contributed by atoms with van der Waals surface area (Å²) in [6.07, 6.45) is 3.96. The molecule has 3 N–H and O–H groups in total. The van der Waals surface area contributed by atoms with E-state index in [1.165, 1.54) is 11.6 Å². The van der Waals surface area contributed by atoms with Crippen LogP contribution in [0.5, 0.6) is 11.5 Å². The third kappa shape index (κ3) is 6.16. The number of rotatable bonds is 11. The van der Waals surface area contributed by atoms with Crippen LogP contribution in [0.15, 0.2) is 53.5 Å². The average Bonchev–Trinajstić information content (AvgIpc) is 3.10. The molecule has 31 heavy (non-hydrogen) atoms. The minimum atomic E-state index is -0.181. The summed E-state index contributed by atoms with van der Waals surface area (Å²) in [7, 11) is 0. The number of carbonyl (C=O) groups is 1. The van der Waals surface area contributed by atoms with Gasteiger partial charge in [-0.05, 0) is 48.7 Å². The molecule has 0 aliphatic carbocycles. The maximum absolute atomic E-state index is 12.2. The molecular formula is C24H28N2O5. The van der Waals surface area contributed by atoms with Crippen molar-refractivity contribution in [3.8, 4) is 11.5 Å². The number of aliphatic hydroxyl groups is 2. The molecule has 7 nitrogen and oxygen atoms in total. The summed E-state index contributed by atoms with van der Waals surface area (Å²) in [5.74, 6) is 0.968. The molecule has 1 amide bonds. The van der Waals surface area contributed by atoms with Gasteiger partial charge in [-0.15, -0.1) is 0 Å². The Balaban J connectivity index is 1.54. The standard InChI is InChI=1S/C24H28N2O5/c1-17-19(20-4-2-3-5-21(20)26-17)10-11-25-24(29)9-7-18-6-8-22(30-14-12-27)23(16-18)31-15-13-28/h2-9,16,19,27-28H,10-15H2,1H3,(H,25,29)/b9-7+. The van der Waals surface area contributed by atoms with E-state index >= 15 is 0 Å². The van der Waals surface area contributed by atoms with Crippen LogP contribution >= 0.6 is 0 Å². The first-order valence-corrected chi connectivity index (χ1v) is 10.3. The van der Waals surface area contributed by atoms with Gasteiger partial charge < -0.3 is 25.0 Å². The van der Waals surface area contributed by atoms with Gasteiger partial charge >= 0.3 is 0 Å². The maximum Gasteiger partial charge on any atom is 0.243 e. The second-order valence-electron chi connectivity index (χ2n) is 7.13. The Morgan fingerprint density at radius 2 is 1.84 bits per heavy atom. The van der Waals surface area contributed by atoms with Crippen molar-refractivity contribution in [1.82, 2.24) is 5.32 Å². The fraction of sp³-hybridized carbons (Fsp3) is 0.333. The van der Waals surface area contributed by atoms with E-state index in [9.17, 15) is 4.79 Å². The van der Waals surface area contributed by atoms with Crippen molar-refractivity contribution in [3.63, 3.8) is 0 Å². The Morgan fingerprint density at radius 1 is 1.10 bits per heavy atom. The fourth-order valence-corrected chi connectivity index (χ4v) is 3.48. The third-order valence-corrected chi connectivity index (χ3v) is 4.94. The van der Waals surface area contributed by atoms with Crippen LogP contribution in [0.25, 0.3) is 6.08 Å². The number of nitrogens with zero attached hydrogens (tertiary/aromatic N) is 1. The van der Waals surface area contributed by atoms with Gasteiger partial charge in [0, 0.05) is 24.3 Å². The smallest absolute Gasteiger partial charge is 0.243 e. The van der Waals surface area contributed by atoms with Crippen molar-refractivity contribution in [2.45, 2.75) is 19.3 Å². The van der Waals surface area contributed by atoms with Gasteiger partial charge in [0.25, 0.3) is 0 Å². The van der Waals surface area contributed by atoms with Crippen LogP contribution < -0.4 is 14.8 Å².